The van der Waals surface area contributed by atoms with Crippen LogP contribution in [0.3, 0.4) is 0 Å². The van der Waals surface area contributed by atoms with Crippen molar-refractivity contribution in [2.24, 2.45) is 0 Å². The molecule has 1 aliphatic heterocycles. The fraction of sp³-hybridized carbons (Fsp3) is 0.333. The summed E-state index contributed by atoms with van der Waals surface area (Å²) in [6.07, 6.45) is 2.12. The van der Waals surface area contributed by atoms with Crippen LogP contribution < -0.4 is 15.4 Å². The first kappa shape index (κ1) is 16.7. The second kappa shape index (κ2) is 8.06. The van der Waals surface area contributed by atoms with Gasteiger partial charge in [-0.3, -0.25) is 0 Å². The fourth-order valence-corrected chi connectivity index (χ4v) is 2.91. The summed E-state index contributed by atoms with van der Waals surface area (Å²) in [5.74, 6) is 0.974. The van der Waals surface area contributed by atoms with Crippen LogP contribution in [0.4, 0.5) is 5.69 Å². The molecule has 0 amide bonds. The molecule has 4 heteroatoms. The monoisotopic (exact) mass is 318 g/mol. The third-order valence-corrected chi connectivity index (χ3v) is 4.01. The van der Waals surface area contributed by atoms with Crippen molar-refractivity contribution in [3.8, 4) is 5.75 Å². The van der Waals surface area contributed by atoms with Gasteiger partial charge in [-0.05, 0) is 42.1 Å². The first-order valence-corrected chi connectivity index (χ1v) is 7.56. The molecule has 2 aromatic rings. The van der Waals surface area contributed by atoms with Crippen LogP contribution in [0.25, 0.3) is 0 Å². The number of para-hydroxylation sites is 2. The number of ether oxygens (including phenoxy) is 1. The normalized spacial score (nSPS) is 12.2. The minimum absolute atomic E-state index is 0. The maximum Gasteiger partial charge on any atom is 0.122 e. The van der Waals surface area contributed by atoms with Gasteiger partial charge < -0.3 is 15.4 Å². The molecule has 0 fully saturated rings. The highest BCUT2D eigenvalue weighted by molar-refractivity contribution is 5.85. The molecule has 1 aliphatic rings. The second-order valence-electron chi connectivity index (χ2n) is 5.37. The molecule has 3 nitrogen and oxygen atoms in total. The van der Waals surface area contributed by atoms with Crippen LogP contribution in [0, 0.1) is 0 Å². The number of benzene rings is 2. The van der Waals surface area contributed by atoms with E-state index in [9.17, 15) is 0 Å². The molecule has 118 valence electrons. The Morgan fingerprint density at radius 1 is 1.09 bits per heavy atom. The lowest BCUT2D eigenvalue weighted by Crippen LogP contribution is -2.17. The zero-order chi connectivity index (χ0) is 14.5. The van der Waals surface area contributed by atoms with Crippen molar-refractivity contribution in [1.29, 1.82) is 0 Å². The van der Waals surface area contributed by atoms with Crippen molar-refractivity contribution in [2.45, 2.75) is 19.4 Å². The summed E-state index contributed by atoms with van der Waals surface area (Å²) < 4.78 is 5.38. The Labute approximate surface area is 138 Å². The largest absolute Gasteiger partial charge is 0.496 e. The van der Waals surface area contributed by atoms with E-state index >= 15 is 0 Å². The van der Waals surface area contributed by atoms with Gasteiger partial charge in [0.05, 0.1) is 7.11 Å². The SMILES string of the molecule is COc1ccccc1CCNCc1cccc2c1NCC2.Cl. The summed E-state index contributed by atoms with van der Waals surface area (Å²) in [5, 5.41) is 7.02. The molecule has 0 aliphatic carbocycles. The molecule has 2 aromatic carbocycles. The molecule has 1 heterocycles. The number of hydrogen-bond donors (Lipinski definition) is 2. The van der Waals surface area contributed by atoms with E-state index in [0.29, 0.717) is 0 Å². The molecule has 2 N–H and O–H groups in total. The lowest BCUT2D eigenvalue weighted by Gasteiger charge is -2.11. The Morgan fingerprint density at radius 3 is 2.77 bits per heavy atom. The van der Waals surface area contributed by atoms with Crippen LogP contribution in [-0.4, -0.2) is 20.2 Å². The van der Waals surface area contributed by atoms with E-state index in [4.69, 9.17) is 4.74 Å². The van der Waals surface area contributed by atoms with E-state index in [0.717, 1.165) is 38.2 Å². The molecule has 0 aromatic heterocycles. The third-order valence-electron chi connectivity index (χ3n) is 4.01. The highest BCUT2D eigenvalue weighted by Gasteiger charge is 2.12. The molecule has 22 heavy (non-hydrogen) atoms. The van der Waals surface area contributed by atoms with Crippen molar-refractivity contribution in [2.75, 3.05) is 25.5 Å². The number of hydrogen-bond acceptors (Lipinski definition) is 3. The van der Waals surface area contributed by atoms with Crippen LogP contribution in [-0.2, 0) is 19.4 Å². The zero-order valence-electron chi connectivity index (χ0n) is 12.9. The third kappa shape index (κ3) is 3.73. The highest BCUT2D eigenvalue weighted by Crippen LogP contribution is 2.26. The molecule has 0 unspecified atom stereocenters. The molecule has 0 spiro atoms. The smallest absolute Gasteiger partial charge is 0.122 e. The number of anilines is 1. The lowest BCUT2D eigenvalue weighted by atomic mass is 10.1. The Hall–Kier alpha value is -1.71. The first-order valence-electron chi connectivity index (χ1n) is 7.56. The predicted octanol–water partition coefficient (Wildman–Crippen LogP) is 3.42. The number of fused-ring (bicyclic) bond motifs is 1. The van der Waals surface area contributed by atoms with Crippen LogP contribution in [0.2, 0.25) is 0 Å². The highest BCUT2D eigenvalue weighted by atomic mass is 35.5. The fourth-order valence-electron chi connectivity index (χ4n) is 2.91. The lowest BCUT2D eigenvalue weighted by molar-refractivity contribution is 0.409. The van der Waals surface area contributed by atoms with Crippen LogP contribution in [0.5, 0.6) is 5.75 Å². The van der Waals surface area contributed by atoms with Gasteiger partial charge in [-0.2, -0.15) is 0 Å². The Kier molecular flexibility index (Phi) is 6.10. The van der Waals surface area contributed by atoms with Crippen molar-refractivity contribution in [3.63, 3.8) is 0 Å². The maximum absolute atomic E-state index is 5.38. The summed E-state index contributed by atoms with van der Waals surface area (Å²) in [5.41, 5.74) is 5.40. The molecule has 0 bridgehead atoms. The standard InChI is InChI=1S/C18H22N2O.ClH/c1-21-17-8-3-2-5-14(17)9-11-19-13-16-7-4-6-15-10-12-20-18(15)16;/h2-8,19-20H,9-13H2,1H3;1H. The minimum atomic E-state index is 0. The molecule has 0 saturated heterocycles. The molecule has 0 atom stereocenters. The topological polar surface area (TPSA) is 33.3 Å². The van der Waals surface area contributed by atoms with Crippen molar-refractivity contribution < 1.29 is 4.74 Å². The maximum atomic E-state index is 5.38. The summed E-state index contributed by atoms with van der Waals surface area (Å²) in [7, 11) is 1.73. The second-order valence-corrected chi connectivity index (χ2v) is 5.37. The van der Waals surface area contributed by atoms with Crippen LogP contribution >= 0.6 is 12.4 Å². The summed E-state index contributed by atoms with van der Waals surface area (Å²) in [6, 6.07) is 14.8. The average molecular weight is 319 g/mol. The van der Waals surface area contributed by atoms with E-state index in [1.807, 2.05) is 12.1 Å². The summed E-state index contributed by atoms with van der Waals surface area (Å²) >= 11 is 0. The van der Waals surface area contributed by atoms with E-state index in [2.05, 4.69) is 41.0 Å². The van der Waals surface area contributed by atoms with Gasteiger partial charge in [-0.25, -0.2) is 0 Å². The molecule has 3 rings (SSSR count). The Balaban J connectivity index is 0.00000176. The van der Waals surface area contributed by atoms with Gasteiger partial charge in [0, 0.05) is 18.8 Å². The zero-order valence-corrected chi connectivity index (χ0v) is 13.7. The summed E-state index contributed by atoms with van der Waals surface area (Å²) in [4.78, 5) is 0. The van der Waals surface area contributed by atoms with Gasteiger partial charge in [-0.1, -0.05) is 36.4 Å². The van der Waals surface area contributed by atoms with Crippen molar-refractivity contribution >= 4 is 18.1 Å². The first-order chi connectivity index (χ1) is 10.4. The van der Waals surface area contributed by atoms with Crippen LogP contribution in [0.15, 0.2) is 42.5 Å². The molecule has 0 radical (unpaired) electrons. The van der Waals surface area contributed by atoms with Gasteiger partial charge in [0.25, 0.3) is 0 Å². The van der Waals surface area contributed by atoms with Gasteiger partial charge in [0.15, 0.2) is 0 Å². The van der Waals surface area contributed by atoms with Crippen molar-refractivity contribution in [1.82, 2.24) is 5.32 Å². The van der Waals surface area contributed by atoms with E-state index < -0.39 is 0 Å². The number of methoxy groups -OCH3 is 1. The van der Waals surface area contributed by atoms with Crippen molar-refractivity contribution in [3.05, 3.63) is 59.2 Å². The van der Waals surface area contributed by atoms with E-state index in [-0.39, 0.29) is 12.4 Å². The number of halogens is 1. The van der Waals surface area contributed by atoms with Gasteiger partial charge in [0.1, 0.15) is 5.75 Å². The van der Waals surface area contributed by atoms with Gasteiger partial charge in [0.2, 0.25) is 0 Å². The van der Waals surface area contributed by atoms with Gasteiger partial charge in [-0.15, -0.1) is 12.4 Å². The number of nitrogens with one attached hydrogen (secondary N) is 2. The molecular weight excluding hydrogens is 296 g/mol. The predicted molar refractivity (Wildman–Crippen MR) is 94.3 cm³/mol. The number of rotatable bonds is 6. The molecular formula is C18H23ClN2O. The minimum Gasteiger partial charge on any atom is -0.496 e. The Morgan fingerprint density at radius 2 is 1.91 bits per heavy atom. The van der Waals surface area contributed by atoms with E-state index in [1.165, 1.54) is 22.4 Å². The Bertz CT molecular complexity index is 616. The molecule has 0 saturated carbocycles. The van der Waals surface area contributed by atoms with Gasteiger partial charge >= 0.3 is 0 Å². The van der Waals surface area contributed by atoms with E-state index in [1.54, 1.807) is 7.11 Å². The average Bonchev–Trinajstić information content (AvgIpc) is 3.01. The van der Waals surface area contributed by atoms with Crippen LogP contribution in [0.1, 0.15) is 16.7 Å². The quantitative estimate of drug-likeness (QED) is 0.801. The summed E-state index contributed by atoms with van der Waals surface area (Å²) in [6.45, 7) is 2.92.